The maximum absolute atomic E-state index is 12.8. The minimum Gasteiger partial charge on any atom is -0.480 e. The van der Waals surface area contributed by atoms with E-state index in [-0.39, 0.29) is 10.8 Å². The van der Waals surface area contributed by atoms with Gasteiger partial charge in [-0.15, -0.1) is 0 Å². The maximum atomic E-state index is 12.8. The minimum absolute atomic E-state index is 0.0809. The summed E-state index contributed by atoms with van der Waals surface area (Å²) >= 11 is 1.89. The Bertz CT molecular complexity index is 400. The summed E-state index contributed by atoms with van der Waals surface area (Å²) in [5, 5.41) is 9.40. The van der Waals surface area contributed by atoms with Crippen molar-refractivity contribution in [1.82, 2.24) is 9.80 Å². The molecule has 0 aromatic carbocycles. The van der Waals surface area contributed by atoms with E-state index >= 15 is 0 Å². The van der Waals surface area contributed by atoms with Crippen molar-refractivity contribution >= 4 is 23.8 Å². The van der Waals surface area contributed by atoms with Crippen LogP contribution in [0, 0.1) is 0 Å². The highest BCUT2D eigenvalue weighted by atomic mass is 32.2. The van der Waals surface area contributed by atoms with Crippen LogP contribution >= 0.6 is 11.8 Å². The van der Waals surface area contributed by atoms with Crippen molar-refractivity contribution < 1.29 is 14.7 Å². The number of carboxylic acids is 1. The van der Waals surface area contributed by atoms with Crippen LogP contribution in [0.3, 0.4) is 0 Å². The molecule has 1 N–H and O–H groups in total. The molecule has 2 heterocycles. The number of thioether (sulfide) groups is 1. The Morgan fingerprint density at radius 1 is 1.14 bits per heavy atom. The largest absolute Gasteiger partial charge is 0.480 e. The Morgan fingerprint density at radius 3 is 2.62 bits per heavy atom. The molecular formula is C15H26N2O3S. The van der Waals surface area contributed by atoms with E-state index in [2.05, 4.69) is 13.8 Å². The Balaban J connectivity index is 2.07. The molecule has 120 valence electrons. The van der Waals surface area contributed by atoms with Gasteiger partial charge in [-0.1, -0.05) is 26.7 Å². The molecule has 2 aliphatic rings. The fraction of sp³-hybridized carbons (Fsp3) is 0.867. The first-order valence-electron chi connectivity index (χ1n) is 7.83. The number of carboxylic acid groups (broad SMARTS) is 1. The fourth-order valence-corrected chi connectivity index (χ4v) is 4.09. The monoisotopic (exact) mass is 314 g/mol. The first-order chi connectivity index (χ1) is 9.91. The van der Waals surface area contributed by atoms with Crippen LogP contribution < -0.4 is 0 Å². The normalized spacial score (nSPS) is 26.9. The van der Waals surface area contributed by atoms with Crippen molar-refractivity contribution in [3.63, 3.8) is 0 Å². The quantitative estimate of drug-likeness (QED) is 0.808. The second kappa shape index (κ2) is 6.90. The molecule has 1 atom stereocenters. The Kier molecular flexibility index (Phi) is 5.41. The van der Waals surface area contributed by atoms with Gasteiger partial charge in [0.2, 0.25) is 0 Å². The van der Waals surface area contributed by atoms with E-state index in [4.69, 9.17) is 0 Å². The minimum atomic E-state index is -0.866. The van der Waals surface area contributed by atoms with E-state index in [1.807, 2.05) is 16.7 Å². The summed E-state index contributed by atoms with van der Waals surface area (Å²) in [6, 6.07) is -0.730. The van der Waals surface area contributed by atoms with Gasteiger partial charge >= 0.3 is 12.0 Å². The lowest BCUT2D eigenvalue weighted by molar-refractivity contribution is -0.142. The fourth-order valence-electron chi connectivity index (χ4n) is 2.99. The van der Waals surface area contributed by atoms with E-state index in [0.717, 1.165) is 44.5 Å². The molecule has 21 heavy (non-hydrogen) atoms. The Labute approximate surface area is 131 Å². The van der Waals surface area contributed by atoms with E-state index in [0.29, 0.717) is 13.0 Å². The van der Waals surface area contributed by atoms with E-state index in [9.17, 15) is 14.7 Å². The van der Waals surface area contributed by atoms with Crippen molar-refractivity contribution in [2.24, 2.45) is 0 Å². The number of rotatable bonds is 1. The highest BCUT2D eigenvalue weighted by Crippen LogP contribution is 2.31. The van der Waals surface area contributed by atoms with Crippen molar-refractivity contribution in [1.29, 1.82) is 0 Å². The van der Waals surface area contributed by atoms with Crippen molar-refractivity contribution in [3.05, 3.63) is 0 Å². The van der Waals surface area contributed by atoms with Gasteiger partial charge in [0.05, 0.1) is 0 Å². The molecule has 0 aliphatic carbocycles. The van der Waals surface area contributed by atoms with Crippen LogP contribution in [0.4, 0.5) is 4.79 Å². The highest BCUT2D eigenvalue weighted by molar-refractivity contribution is 8.00. The third-order valence-electron chi connectivity index (χ3n) is 4.39. The zero-order chi connectivity index (χ0) is 15.5. The van der Waals surface area contributed by atoms with Crippen LogP contribution in [0.2, 0.25) is 0 Å². The average molecular weight is 314 g/mol. The zero-order valence-corrected chi connectivity index (χ0v) is 13.8. The second-order valence-corrected chi connectivity index (χ2v) is 8.33. The molecule has 0 aromatic heterocycles. The van der Waals surface area contributed by atoms with Gasteiger partial charge in [0.25, 0.3) is 0 Å². The lowest BCUT2D eigenvalue weighted by Crippen LogP contribution is -2.51. The average Bonchev–Trinajstić information content (AvgIpc) is 2.75. The SMILES string of the molecule is CC1(C)CCN(C(=O)N2CCCCCC2C(=O)O)CCS1. The van der Waals surface area contributed by atoms with Gasteiger partial charge in [0.15, 0.2) is 0 Å². The smallest absolute Gasteiger partial charge is 0.326 e. The molecular weight excluding hydrogens is 288 g/mol. The van der Waals surface area contributed by atoms with Crippen LogP contribution in [-0.4, -0.2) is 63.1 Å². The number of hydrogen-bond donors (Lipinski definition) is 1. The summed E-state index contributed by atoms with van der Waals surface area (Å²) in [4.78, 5) is 27.7. The van der Waals surface area contributed by atoms with Gasteiger partial charge < -0.3 is 14.9 Å². The predicted molar refractivity (Wildman–Crippen MR) is 84.7 cm³/mol. The number of carbonyl (C=O) groups excluding carboxylic acids is 1. The third-order valence-corrected chi connectivity index (χ3v) is 5.76. The molecule has 2 rings (SSSR count). The summed E-state index contributed by atoms with van der Waals surface area (Å²) in [6.45, 7) is 6.43. The third kappa shape index (κ3) is 4.28. The first kappa shape index (κ1) is 16.5. The van der Waals surface area contributed by atoms with Crippen LogP contribution in [0.1, 0.15) is 46.0 Å². The van der Waals surface area contributed by atoms with Crippen molar-refractivity contribution in [2.75, 3.05) is 25.4 Å². The molecule has 0 saturated carbocycles. The number of likely N-dealkylation sites (tertiary alicyclic amines) is 1. The second-order valence-electron chi connectivity index (χ2n) is 6.52. The summed E-state index contributed by atoms with van der Waals surface area (Å²) in [7, 11) is 0. The van der Waals surface area contributed by atoms with E-state index in [1.165, 1.54) is 0 Å². The summed E-state index contributed by atoms with van der Waals surface area (Å²) < 4.78 is 0.194. The molecule has 0 radical (unpaired) electrons. The van der Waals surface area contributed by atoms with Crippen molar-refractivity contribution in [3.8, 4) is 0 Å². The topological polar surface area (TPSA) is 60.9 Å². The summed E-state index contributed by atoms with van der Waals surface area (Å²) in [6.07, 6.45) is 4.34. The van der Waals surface area contributed by atoms with Crippen LogP contribution in [0.25, 0.3) is 0 Å². The van der Waals surface area contributed by atoms with E-state index < -0.39 is 12.0 Å². The van der Waals surface area contributed by atoms with Crippen LogP contribution in [0.5, 0.6) is 0 Å². The molecule has 2 amide bonds. The summed E-state index contributed by atoms with van der Waals surface area (Å²) in [5.74, 6) is 0.0550. The van der Waals surface area contributed by atoms with Gasteiger partial charge in [-0.05, 0) is 19.3 Å². The molecule has 6 heteroatoms. The van der Waals surface area contributed by atoms with Gasteiger partial charge in [0.1, 0.15) is 6.04 Å². The van der Waals surface area contributed by atoms with Gasteiger partial charge in [-0.2, -0.15) is 11.8 Å². The number of hydrogen-bond acceptors (Lipinski definition) is 3. The first-order valence-corrected chi connectivity index (χ1v) is 8.81. The zero-order valence-electron chi connectivity index (χ0n) is 13.0. The molecule has 1 unspecified atom stereocenters. The molecule has 2 saturated heterocycles. The number of urea groups is 1. The van der Waals surface area contributed by atoms with Crippen molar-refractivity contribution in [2.45, 2.75) is 56.7 Å². The number of aliphatic carboxylic acids is 1. The molecule has 2 fully saturated rings. The maximum Gasteiger partial charge on any atom is 0.326 e. The van der Waals surface area contributed by atoms with Gasteiger partial charge in [0, 0.05) is 30.1 Å². The lowest BCUT2D eigenvalue weighted by Gasteiger charge is -2.32. The predicted octanol–water partition coefficient (Wildman–Crippen LogP) is 2.65. The Hall–Kier alpha value is -0.910. The number of amides is 2. The molecule has 0 spiro atoms. The molecule has 2 aliphatic heterocycles. The highest BCUT2D eigenvalue weighted by Gasteiger charge is 2.34. The van der Waals surface area contributed by atoms with Gasteiger partial charge in [-0.25, -0.2) is 9.59 Å². The van der Waals surface area contributed by atoms with Crippen LogP contribution in [0.15, 0.2) is 0 Å². The molecule has 5 nitrogen and oxygen atoms in total. The number of carbonyl (C=O) groups is 2. The lowest BCUT2D eigenvalue weighted by atomic mass is 10.1. The molecule has 0 bridgehead atoms. The Morgan fingerprint density at radius 2 is 1.90 bits per heavy atom. The van der Waals surface area contributed by atoms with Crippen LogP contribution in [-0.2, 0) is 4.79 Å². The standard InChI is InChI=1S/C15H26N2O3S/c1-15(2)7-9-16(10-11-21-15)14(20)17-8-5-3-4-6-12(17)13(18)19/h12H,3-11H2,1-2H3,(H,18,19). The number of nitrogens with zero attached hydrogens (tertiary/aromatic N) is 2. The van der Waals surface area contributed by atoms with Gasteiger partial charge in [-0.3, -0.25) is 0 Å². The molecule has 0 aromatic rings. The summed E-state index contributed by atoms with van der Waals surface area (Å²) in [5.41, 5.74) is 0. The van der Waals surface area contributed by atoms with E-state index in [1.54, 1.807) is 4.90 Å².